The van der Waals surface area contributed by atoms with Crippen molar-refractivity contribution < 1.29 is 0 Å². The quantitative estimate of drug-likeness (QED) is 0.177. The Morgan fingerprint density at radius 1 is 0.400 bits per heavy atom. The molecule has 0 N–H and O–H groups in total. The highest BCUT2D eigenvalue weighted by molar-refractivity contribution is 6.31. The van der Waals surface area contributed by atoms with Crippen molar-refractivity contribution in [2.45, 2.75) is 0 Å². The molecule has 0 unspecified atom stereocenters. The zero-order chi connectivity index (χ0) is 32.5. The molecule has 0 radical (unpaired) electrons. The summed E-state index contributed by atoms with van der Waals surface area (Å²) in [6.45, 7) is 0. The SMILES string of the molecule is c1ccc2cc(-c3nc4c(ccc5ccccc54)nc3-n3c4cccc5c6cccc7c8ccccc8n(c8cccc3c8c54)c67)ccc2c1. The van der Waals surface area contributed by atoms with E-state index in [0.717, 1.165) is 49.9 Å². The molecule has 0 saturated heterocycles. The van der Waals surface area contributed by atoms with Crippen LogP contribution in [0.25, 0.3) is 110 Å². The lowest BCUT2D eigenvalue weighted by atomic mass is 10.0. The molecule has 0 spiro atoms. The molecule has 4 heterocycles. The summed E-state index contributed by atoms with van der Waals surface area (Å²) in [5.74, 6) is 0.828. The molecule has 12 aromatic rings. The normalized spacial score (nSPS) is 12.4. The van der Waals surface area contributed by atoms with Gasteiger partial charge in [0.05, 0.1) is 38.6 Å². The summed E-state index contributed by atoms with van der Waals surface area (Å²) in [5, 5.41) is 12.1. The fourth-order valence-electron chi connectivity index (χ4n) is 8.68. The predicted octanol–water partition coefficient (Wildman–Crippen LogP) is 11.9. The van der Waals surface area contributed by atoms with Crippen molar-refractivity contribution in [1.29, 1.82) is 0 Å². The van der Waals surface area contributed by atoms with Crippen LogP contribution >= 0.6 is 0 Å². The van der Waals surface area contributed by atoms with Crippen molar-refractivity contribution >= 4 is 92.5 Å². The van der Waals surface area contributed by atoms with E-state index in [-0.39, 0.29) is 0 Å². The second-order valence-electron chi connectivity index (χ2n) is 13.4. The Bertz CT molecular complexity index is 3380. The minimum Gasteiger partial charge on any atom is -0.308 e. The molecule has 50 heavy (non-hydrogen) atoms. The molecule has 0 atom stereocenters. The largest absolute Gasteiger partial charge is 0.308 e. The second kappa shape index (κ2) is 9.43. The van der Waals surface area contributed by atoms with Crippen molar-refractivity contribution in [3.8, 4) is 17.1 Å². The van der Waals surface area contributed by atoms with Crippen LogP contribution in [0.1, 0.15) is 0 Å². The summed E-state index contributed by atoms with van der Waals surface area (Å²) in [6.07, 6.45) is 0. The molecule has 8 aromatic carbocycles. The zero-order valence-corrected chi connectivity index (χ0v) is 26.8. The molecule has 0 saturated carbocycles. The molecule has 12 rings (SSSR count). The van der Waals surface area contributed by atoms with Gasteiger partial charge in [0, 0.05) is 37.9 Å². The van der Waals surface area contributed by atoms with Gasteiger partial charge >= 0.3 is 0 Å². The Balaban J connectivity index is 1.30. The van der Waals surface area contributed by atoms with Crippen LogP contribution in [0.15, 0.2) is 158 Å². The molecule has 230 valence electrons. The van der Waals surface area contributed by atoms with Crippen molar-refractivity contribution in [3.63, 3.8) is 0 Å². The van der Waals surface area contributed by atoms with Gasteiger partial charge in [-0.3, -0.25) is 4.57 Å². The topological polar surface area (TPSA) is 35.1 Å². The first kappa shape index (κ1) is 26.2. The predicted molar refractivity (Wildman–Crippen MR) is 209 cm³/mol. The van der Waals surface area contributed by atoms with Gasteiger partial charge in [-0.2, -0.15) is 0 Å². The standard InChI is InChI=1S/C46H26N4/c1-2-12-29-26-30(23-22-27(29)10-1)43-46(47-36-25-24-28-11-3-4-13-31(28)44(36)48-43)50-38-19-8-15-33-35-17-7-16-34-32-14-5-6-18-37(32)49(45(34)35)39-20-9-21-40(50)42(39)41(33)38/h1-26H. The number of nitrogens with zero attached hydrogens (tertiary/aromatic N) is 4. The van der Waals surface area contributed by atoms with Gasteiger partial charge in [-0.1, -0.05) is 121 Å². The van der Waals surface area contributed by atoms with Crippen molar-refractivity contribution in [3.05, 3.63) is 158 Å². The Kier molecular flexibility index (Phi) is 4.94. The molecule has 4 aromatic heterocycles. The smallest absolute Gasteiger partial charge is 0.165 e. The molecular formula is C46H26N4. The molecule has 4 heteroatoms. The van der Waals surface area contributed by atoms with Crippen LogP contribution in [0.3, 0.4) is 0 Å². The summed E-state index contributed by atoms with van der Waals surface area (Å²) in [7, 11) is 0. The van der Waals surface area contributed by atoms with Crippen molar-refractivity contribution in [2.24, 2.45) is 0 Å². The van der Waals surface area contributed by atoms with Crippen LogP contribution < -0.4 is 0 Å². The van der Waals surface area contributed by atoms with Gasteiger partial charge < -0.3 is 4.40 Å². The molecule has 0 fully saturated rings. The third-order valence-electron chi connectivity index (χ3n) is 10.8. The average Bonchev–Trinajstić information content (AvgIpc) is 3.66. The summed E-state index contributed by atoms with van der Waals surface area (Å²) in [6, 6.07) is 56.9. The van der Waals surface area contributed by atoms with Gasteiger partial charge in [0.1, 0.15) is 5.69 Å². The van der Waals surface area contributed by atoms with Crippen LogP contribution in [0.2, 0.25) is 0 Å². The first-order valence-corrected chi connectivity index (χ1v) is 17.1. The lowest BCUT2D eigenvalue weighted by Gasteiger charge is -2.15. The molecule has 0 bridgehead atoms. The summed E-state index contributed by atoms with van der Waals surface area (Å²) >= 11 is 0. The van der Waals surface area contributed by atoms with Crippen LogP contribution in [-0.4, -0.2) is 18.9 Å². The molecule has 0 aliphatic heterocycles. The van der Waals surface area contributed by atoms with Gasteiger partial charge in [-0.25, -0.2) is 9.97 Å². The average molecular weight is 635 g/mol. The van der Waals surface area contributed by atoms with Gasteiger partial charge in [-0.05, 0) is 57.9 Å². The second-order valence-corrected chi connectivity index (χ2v) is 13.4. The minimum absolute atomic E-state index is 0.828. The maximum absolute atomic E-state index is 5.54. The van der Waals surface area contributed by atoms with E-state index in [1.807, 2.05) is 0 Å². The third-order valence-corrected chi connectivity index (χ3v) is 10.8. The lowest BCUT2D eigenvalue weighted by Crippen LogP contribution is -2.04. The Morgan fingerprint density at radius 3 is 1.92 bits per heavy atom. The van der Waals surface area contributed by atoms with Crippen LogP contribution in [0.4, 0.5) is 0 Å². The highest BCUT2D eigenvalue weighted by atomic mass is 15.1. The Hall–Kier alpha value is -6.78. The van der Waals surface area contributed by atoms with Crippen molar-refractivity contribution in [1.82, 2.24) is 18.9 Å². The number of hydrogen-bond acceptors (Lipinski definition) is 2. The van der Waals surface area contributed by atoms with E-state index in [4.69, 9.17) is 9.97 Å². The fraction of sp³-hybridized carbons (Fsp3) is 0. The molecule has 0 aliphatic carbocycles. The maximum atomic E-state index is 5.54. The van der Waals surface area contributed by atoms with E-state index in [0.29, 0.717) is 0 Å². The van der Waals surface area contributed by atoms with Gasteiger partial charge in [0.25, 0.3) is 0 Å². The number of fused-ring (bicyclic) bond motifs is 9. The lowest BCUT2D eigenvalue weighted by molar-refractivity contribution is 1.08. The summed E-state index contributed by atoms with van der Waals surface area (Å²) < 4.78 is 4.84. The van der Waals surface area contributed by atoms with Crippen LogP contribution in [-0.2, 0) is 0 Å². The molecular weight excluding hydrogens is 609 g/mol. The van der Waals surface area contributed by atoms with E-state index in [1.165, 1.54) is 59.6 Å². The summed E-state index contributed by atoms with van der Waals surface area (Å²) in [5.41, 5.74) is 9.57. The number of aromatic nitrogens is 4. The van der Waals surface area contributed by atoms with Gasteiger partial charge in [0.15, 0.2) is 5.82 Å². The summed E-state index contributed by atoms with van der Waals surface area (Å²) in [4.78, 5) is 11.1. The fourth-order valence-corrected chi connectivity index (χ4v) is 8.68. The third kappa shape index (κ3) is 3.30. The van der Waals surface area contributed by atoms with Gasteiger partial charge in [0.2, 0.25) is 0 Å². The van der Waals surface area contributed by atoms with Crippen LogP contribution in [0, 0.1) is 0 Å². The number of hydrogen-bond donors (Lipinski definition) is 0. The van der Waals surface area contributed by atoms with E-state index in [2.05, 4.69) is 167 Å². The highest BCUT2D eigenvalue weighted by Crippen LogP contribution is 2.45. The number of benzene rings is 8. The van der Waals surface area contributed by atoms with Crippen LogP contribution in [0.5, 0.6) is 0 Å². The van der Waals surface area contributed by atoms with E-state index in [1.54, 1.807) is 0 Å². The first-order valence-electron chi connectivity index (χ1n) is 17.1. The Morgan fingerprint density at radius 2 is 1.02 bits per heavy atom. The zero-order valence-electron chi connectivity index (χ0n) is 26.8. The van der Waals surface area contributed by atoms with Gasteiger partial charge in [-0.15, -0.1) is 0 Å². The Labute approximate surface area is 285 Å². The number of para-hydroxylation sites is 2. The van der Waals surface area contributed by atoms with E-state index < -0.39 is 0 Å². The highest BCUT2D eigenvalue weighted by Gasteiger charge is 2.24. The molecule has 0 aliphatic rings. The minimum atomic E-state index is 0.828. The number of rotatable bonds is 2. The van der Waals surface area contributed by atoms with Crippen molar-refractivity contribution in [2.75, 3.05) is 0 Å². The maximum Gasteiger partial charge on any atom is 0.165 e. The molecule has 0 amide bonds. The van der Waals surface area contributed by atoms with E-state index in [9.17, 15) is 0 Å². The monoisotopic (exact) mass is 634 g/mol. The van der Waals surface area contributed by atoms with E-state index >= 15 is 0 Å². The first-order chi connectivity index (χ1) is 24.8. The molecule has 4 nitrogen and oxygen atoms in total.